The van der Waals surface area contributed by atoms with Crippen LogP contribution in [0, 0.1) is 25.6 Å². The predicted molar refractivity (Wildman–Crippen MR) is 135 cm³/mol. The molecule has 1 fully saturated rings. The Kier molecular flexibility index (Phi) is 8.63. The highest BCUT2D eigenvalue weighted by atomic mass is 19.1. The molecule has 0 unspecified atom stereocenters. The van der Waals surface area contributed by atoms with Crippen molar-refractivity contribution < 1.29 is 23.5 Å². The van der Waals surface area contributed by atoms with Gasteiger partial charge in [0.1, 0.15) is 11.9 Å². The maximum absolute atomic E-state index is 14.0. The molecule has 1 saturated carbocycles. The number of urea groups is 1. The summed E-state index contributed by atoms with van der Waals surface area (Å²) >= 11 is 0. The smallest absolute Gasteiger partial charge is 0.328 e. The van der Waals surface area contributed by atoms with E-state index < -0.39 is 29.8 Å². The lowest BCUT2D eigenvalue weighted by molar-refractivity contribution is -0.144. The summed E-state index contributed by atoms with van der Waals surface area (Å²) in [6.07, 6.45) is 6.38. The van der Waals surface area contributed by atoms with Crippen molar-refractivity contribution in [3.63, 3.8) is 0 Å². The van der Waals surface area contributed by atoms with Crippen molar-refractivity contribution in [2.45, 2.75) is 52.0 Å². The molecule has 0 bridgehead atoms. The van der Waals surface area contributed by atoms with Gasteiger partial charge in [-0.05, 0) is 79.6 Å². The Hall–Kier alpha value is -3.68. The van der Waals surface area contributed by atoms with Crippen LogP contribution < -0.4 is 16.0 Å². The molecule has 3 N–H and O–H groups in total. The van der Waals surface area contributed by atoms with E-state index in [0.717, 1.165) is 60.9 Å². The Morgan fingerprint density at radius 3 is 2.31 bits per heavy atom. The molecule has 0 aromatic heterocycles. The van der Waals surface area contributed by atoms with Crippen LogP contribution in [0.1, 0.15) is 59.2 Å². The van der Waals surface area contributed by atoms with Crippen LogP contribution in [0.25, 0.3) is 6.08 Å². The number of nitrogens with one attached hydrogen (secondary N) is 3. The Morgan fingerprint density at radius 1 is 1.06 bits per heavy atom. The Labute approximate surface area is 205 Å². The second kappa shape index (κ2) is 11.6. The Bertz CT molecular complexity index is 1100. The summed E-state index contributed by atoms with van der Waals surface area (Å²) in [4.78, 5) is 38.4. The topological polar surface area (TPSA) is 96.5 Å². The number of carbonyl (C=O) groups excluding carboxylic acids is 3. The molecule has 186 valence electrons. The number of hydrogen-bond donors (Lipinski definition) is 3. The minimum absolute atomic E-state index is 0.00900. The van der Waals surface area contributed by atoms with E-state index in [1.807, 2.05) is 26.0 Å². The van der Waals surface area contributed by atoms with Gasteiger partial charge in [0.15, 0.2) is 0 Å². The monoisotopic (exact) mass is 481 g/mol. The molecular formula is C27H32FN3O4. The first kappa shape index (κ1) is 25.9. The number of rotatable bonds is 7. The van der Waals surface area contributed by atoms with Gasteiger partial charge >= 0.3 is 12.0 Å². The fraction of sp³-hybridized carbons (Fsp3) is 0.370. The third-order valence-corrected chi connectivity index (χ3v) is 6.37. The minimum Gasteiger partial charge on any atom is -0.467 e. The lowest BCUT2D eigenvalue weighted by Crippen LogP contribution is -2.47. The van der Waals surface area contributed by atoms with Crippen LogP contribution in [0.5, 0.6) is 0 Å². The van der Waals surface area contributed by atoms with Crippen molar-refractivity contribution in [3.8, 4) is 0 Å². The first-order valence-corrected chi connectivity index (χ1v) is 11.7. The molecule has 0 saturated heterocycles. The highest BCUT2D eigenvalue weighted by Gasteiger charge is 2.32. The van der Waals surface area contributed by atoms with Crippen LogP contribution in [0.4, 0.5) is 20.6 Å². The van der Waals surface area contributed by atoms with Crippen molar-refractivity contribution >= 4 is 35.4 Å². The molecule has 3 amide bonds. The number of methoxy groups -OCH3 is 1. The summed E-state index contributed by atoms with van der Waals surface area (Å²) in [6, 6.07) is 5.82. The van der Waals surface area contributed by atoms with E-state index in [9.17, 15) is 18.8 Å². The van der Waals surface area contributed by atoms with E-state index in [0.29, 0.717) is 5.69 Å². The highest BCUT2D eigenvalue weighted by molar-refractivity contribution is 6.07. The average Bonchev–Trinajstić information content (AvgIpc) is 2.84. The van der Waals surface area contributed by atoms with Gasteiger partial charge in [-0.15, -0.1) is 0 Å². The molecule has 2 aromatic carbocycles. The van der Waals surface area contributed by atoms with E-state index in [4.69, 9.17) is 4.74 Å². The number of amides is 3. The zero-order valence-corrected chi connectivity index (χ0v) is 20.4. The number of benzene rings is 2. The lowest BCUT2D eigenvalue weighted by atomic mass is 9.83. The van der Waals surface area contributed by atoms with E-state index in [2.05, 4.69) is 22.5 Å². The zero-order chi connectivity index (χ0) is 25.5. The van der Waals surface area contributed by atoms with Gasteiger partial charge in [-0.25, -0.2) is 14.0 Å². The molecule has 1 atom stereocenters. The molecule has 35 heavy (non-hydrogen) atoms. The second-order valence-electron chi connectivity index (χ2n) is 8.88. The van der Waals surface area contributed by atoms with Crippen LogP contribution in [-0.2, 0) is 9.53 Å². The summed E-state index contributed by atoms with van der Waals surface area (Å²) < 4.78 is 19.0. The molecule has 3 rings (SSSR count). The van der Waals surface area contributed by atoms with Crippen molar-refractivity contribution in [2.24, 2.45) is 5.92 Å². The summed E-state index contributed by atoms with van der Waals surface area (Å²) in [7, 11) is 1.28. The molecule has 1 aliphatic carbocycles. The van der Waals surface area contributed by atoms with Crippen molar-refractivity contribution in [3.05, 3.63) is 65.0 Å². The van der Waals surface area contributed by atoms with Gasteiger partial charge in [0.05, 0.1) is 18.4 Å². The highest BCUT2D eigenvalue weighted by Crippen LogP contribution is 2.28. The number of aryl methyl sites for hydroxylation is 2. The molecule has 8 heteroatoms. The van der Waals surface area contributed by atoms with Gasteiger partial charge < -0.3 is 20.7 Å². The van der Waals surface area contributed by atoms with Crippen molar-refractivity contribution in [1.82, 2.24) is 5.32 Å². The third-order valence-electron chi connectivity index (χ3n) is 6.37. The largest absolute Gasteiger partial charge is 0.467 e. The van der Waals surface area contributed by atoms with Gasteiger partial charge in [-0.3, -0.25) is 4.79 Å². The van der Waals surface area contributed by atoms with Gasteiger partial charge in [-0.2, -0.15) is 0 Å². The number of halogens is 1. The van der Waals surface area contributed by atoms with E-state index in [1.165, 1.54) is 13.2 Å². The Morgan fingerprint density at radius 2 is 1.71 bits per heavy atom. The Balaban J connectivity index is 1.80. The normalized spacial score (nSPS) is 14.5. The zero-order valence-electron chi connectivity index (χ0n) is 20.4. The average molecular weight is 482 g/mol. The number of anilines is 2. The first-order valence-electron chi connectivity index (χ1n) is 11.7. The quantitative estimate of drug-likeness (QED) is 0.450. The number of ether oxygens (including phenoxy) is 1. The van der Waals surface area contributed by atoms with Crippen molar-refractivity contribution in [2.75, 3.05) is 17.7 Å². The number of esters is 1. The van der Waals surface area contributed by atoms with Gasteiger partial charge in [0.2, 0.25) is 0 Å². The van der Waals surface area contributed by atoms with Gasteiger partial charge in [0.25, 0.3) is 5.91 Å². The SMILES string of the molecule is C=Cc1cc(C)c(NC(=O)Nc2cc(F)ccc2C(=O)N[C@H](C(=O)OC)C2CCCCC2)c(C)c1. The van der Waals surface area contributed by atoms with Crippen LogP contribution >= 0.6 is 0 Å². The van der Waals surface area contributed by atoms with Crippen LogP contribution in [0.2, 0.25) is 0 Å². The number of hydrogen-bond acceptors (Lipinski definition) is 4. The summed E-state index contributed by atoms with van der Waals surface area (Å²) in [6.45, 7) is 7.47. The van der Waals surface area contributed by atoms with Crippen LogP contribution in [0.3, 0.4) is 0 Å². The fourth-order valence-corrected chi connectivity index (χ4v) is 4.58. The molecule has 0 aliphatic heterocycles. The van der Waals surface area contributed by atoms with Crippen LogP contribution in [-0.4, -0.2) is 31.1 Å². The molecule has 0 radical (unpaired) electrons. The molecule has 2 aromatic rings. The second-order valence-corrected chi connectivity index (χ2v) is 8.88. The summed E-state index contributed by atoms with van der Waals surface area (Å²) in [5.41, 5.74) is 3.24. The standard InChI is InChI=1S/C27H32FN3O4/c1-5-18-13-16(2)23(17(3)14-18)31-27(34)29-22-15-20(28)11-12-21(22)25(32)30-24(26(33)35-4)19-9-7-6-8-10-19/h5,11-15,19,24H,1,6-10H2,2-4H3,(H,30,32)(H2,29,31,34)/t24-/m0/s1. The molecular weight excluding hydrogens is 449 g/mol. The van der Waals surface area contributed by atoms with Gasteiger partial charge in [-0.1, -0.05) is 31.9 Å². The third kappa shape index (κ3) is 6.47. The lowest BCUT2D eigenvalue weighted by Gasteiger charge is -2.29. The van der Waals surface area contributed by atoms with E-state index in [-0.39, 0.29) is 17.2 Å². The predicted octanol–water partition coefficient (Wildman–Crippen LogP) is 5.58. The maximum atomic E-state index is 14.0. The van der Waals surface area contributed by atoms with E-state index >= 15 is 0 Å². The minimum atomic E-state index is -0.812. The molecule has 7 nitrogen and oxygen atoms in total. The molecule has 0 heterocycles. The first-order chi connectivity index (χ1) is 16.7. The summed E-state index contributed by atoms with van der Waals surface area (Å²) in [5, 5.41) is 8.09. The van der Waals surface area contributed by atoms with Crippen molar-refractivity contribution in [1.29, 1.82) is 0 Å². The summed E-state index contributed by atoms with van der Waals surface area (Å²) in [5.74, 6) is -1.77. The fourth-order valence-electron chi connectivity index (χ4n) is 4.58. The molecule has 1 aliphatic rings. The maximum Gasteiger partial charge on any atom is 0.328 e. The van der Waals surface area contributed by atoms with Gasteiger partial charge in [0, 0.05) is 5.69 Å². The molecule has 0 spiro atoms. The van der Waals surface area contributed by atoms with E-state index in [1.54, 1.807) is 6.08 Å². The number of carbonyl (C=O) groups is 3. The van der Waals surface area contributed by atoms with Crippen LogP contribution in [0.15, 0.2) is 36.9 Å².